The van der Waals surface area contributed by atoms with E-state index in [2.05, 4.69) is 10.6 Å². The van der Waals surface area contributed by atoms with E-state index in [1.165, 1.54) is 0 Å². The largest absolute Gasteiger partial charge is 0.496 e. The van der Waals surface area contributed by atoms with Crippen molar-refractivity contribution in [2.75, 3.05) is 18.7 Å². The number of benzene rings is 1. The highest BCUT2D eigenvalue weighted by molar-refractivity contribution is 7.99. The number of thioether (sulfide) groups is 1. The maximum absolute atomic E-state index is 12.0. The molecule has 1 aliphatic heterocycles. The average molecular weight is 266 g/mol. The molecule has 0 spiro atoms. The standard InChI is InChI=1S/C13H18N2O2S/c1-9(10-5-3-4-6-12(10)17-2)15-13(16)11-7-18-8-14-11/h3-6,9,11,14H,7-8H2,1-2H3,(H,15,16). The van der Waals surface area contributed by atoms with Gasteiger partial charge in [0.25, 0.3) is 0 Å². The van der Waals surface area contributed by atoms with Gasteiger partial charge < -0.3 is 10.1 Å². The van der Waals surface area contributed by atoms with Gasteiger partial charge in [-0.1, -0.05) is 18.2 Å². The minimum Gasteiger partial charge on any atom is -0.496 e. The fourth-order valence-corrected chi connectivity index (χ4v) is 2.92. The minimum absolute atomic E-state index is 0.0541. The summed E-state index contributed by atoms with van der Waals surface area (Å²) in [5.74, 6) is 2.54. The maximum Gasteiger partial charge on any atom is 0.238 e. The lowest BCUT2D eigenvalue weighted by atomic mass is 10.1. The molecule has 1 aliphatic rings. The predicted octanol–water partition coefficient (Wildman–Crippen LogP) is 1.53. The van der Waals surface area contributed by atoms with Crippen LogP contribution in [0, 0.1) is 0 Å². The van der Waals surface area contributed by atoms with E-state index in [4.69, 9.17) is 4.74 Å². The van der Waals surface area contributed by atoms with Gasteiger partial charge in [0.05, 0.1) is 19.2 Å². The van der Waals surface area contributed by atoms with Gasteiger partial charge in [-0.05, 0) is 13.0 Å². The first-order valence-electron chi connectivity index (χ1n) is 5.97. The third-order valence-electron chi connectivity index (χ3n) is 3.00. The summed E-state index contributed by atoms with van der Waals surface area (Å²) in [6.45, 7) is 1.97. The van der Waals surface area contributed by atoms with Gasteiger partial charge in [-0.2, -0.15) is 0 Å². The van der Waals surface area contributed by atoms with Crippen molar-refractivity contribution >= 4 is 17.7 Å². The van der Waals surface area contributed by atoms with Crippen molar-refractivity contribution in [3.05, 3.63) is 29.8 Å². The van der Waals surface area contributed by atoms with Crippen molar-refractivity contribution in [2.45, 2.75) is 19.0 Å². The van der Waals surface area contributed by atoms with Crippen LogP contribution in [-0.4, -0.2) is 30.7 Å². The number of hydrogen-bond donors (Lipinski definition) is 2. The zero-order chi connectivity index (χ0) is 13.0. The van der Waals surface area contributed by atoms with E-state index in [1.54, 1.807) is 18.9 Å². The van der Waals surface area contributed by atoms with Crippen LogP contribution < -0.4 is 15.4 Å². The molecule has 1 fully saturated rings. The number of ether oxygens (including phenoxy) is 1. The molecule has 5 heteroatoms. The molecule has 0 radical (unpaired) electrons. The Labute approximate surface area is 111 Å². The van der Waals surface area contributed by atoms with Crippen LogP contribution in [0.3, 0.4) is 0 Å². The fraction of sp³-hybridized carbons (Fsp3) is 0.462. The molecule has 1 aromatic rings. The van der Waals surface area contributed by atoms with E-state index >= 15 is 0 Å². The van der Waals surface area contributed by atoms with Crippen molar-refractivity contribution < 1.29 is 9.53 Å². The summed E-state index contributed by atoms with van der Waals surface area (Å²) in [6.07, 6.45) is 0. The second kappa shape index (κ2) is 6.11. The summed E-state index contributed by atoms with van der Waals surface area (Å²) < 4.78 is 5.30. The summed E-state index contributed by atoms with van der Waals surface area (Å²) in [4.78, 5) is 12.0. The molecule has 98 valence electrons. The Kier molecular flexibility index (Phi) is 4.49. The zero-order valence-electron chi connectivity index (χ0n) is 10.6. The SMILES string of the molecule is COc1ccccc1C(C)NC(=O)C1CSCN1. The molecule has 0 aliphatic carbocycles. The van der Waals surface area contributed by atoms with Gasteiger partial charge in [-0.3, -0.25) is 10.1 Å². The van der Waals surface area contributed by atoms with Gasteiger partial charge in [-0.25, -0.2) is 0 Å². The summed E-state index contributed by atoms with van der Waals surface area (Å²) in [6, 6.07) is 7.62. The van der Waals surface area contributed by atoms with Gasteiger partial charge in [-0.15, -0.1) is 11.8 Å². The van der Waals surface area contributed by atoms with Crippen molar-refractivity contribution in [1.29, 1.82) is 0 Å². The van der Waals surface area contributed by atoms with Crippen molar-refractivity contribution in [3.8, 4) is 5.75 Å². The van der Waals surface area contributed by atoms with Gasteiger partial charge in [0.2, 0.25) is 5.91 Å². The van der Waals surface area contributed by atoms with Crippen LogP contribution in [0.15, 0.2) is 24.3 Å². The van der Waals surface area contributed by atoms with Crippen LogP contribution in [0.4, 0.5) is 0 Å². The van der Waals surface area contributed by atoms with Gasteiger partial charge in [0.1, 0.15) is 5.75 Å². The average Bonchev–Trinajstić information content (AvgIpc) is 2.92. The molecule has 0 saturated carbocycles. The van der Waals surface area contributed by atoms with Crippen LogP contribution in [0.2, 0.25) is 0 Å². The number of rotatable bonds is 4. The van der Waals surface area contributed by atoms with Crippen molar-refractivity contribution in [2.24, 2.45) is 0 Å². The van der Waals surface area contributed by atoms with E-state index < -0.39 is 0 Å². The molecule has 18 heavy (non-hydrogen) atoms. The lowest BCUT2D eigenvalue weighted by Crippen LogP contribution is -2.42. The molecule has 0 bridgehead atoms. The lowest BCUT2D eigenvalue weighted by molar-refractivity contribution is -0.123. The Morgan fingerprint density at radius 1 is 1.56 bits per heavy atom. The fourth-order valence-electron chi connectivity index (χ4n) is 1.98. The summed E-state index contributed by atoms with van der Waals surface area (Å²) in [5.41, 5.74) is 0.999. The molecular formula is C13H18N2O2S. The first-order valence-corrected chi connectivity index (χ1v) is 7.12. The Bertz CT molecular complexity index is 419. The number of carbonyl (C=O) groups excluding carboxylic acids is 1. The van der Waals surface area contributed by atoms with Crippen molar-refractivity contribution in [1.82, 2.24) is 10.6 Å². The topological polar surface area (TPSA) is 50.4 Å². The zero-order valence-corrected chi connectivity index (χ0v) is 11.4. The molecule has 1 aromatic carbocycles. The van der Waals surface area contributed by atoms with Gasteiger partial charge >= 0.3 is 0 Å². The van der Waals surface area contributed by atoms with E-state index in [-0.39, 0.29) is 18.0 Å². The summed E-state index contributed by atoms with van der Waals surface area (Å²) >= 11 is 1.74. The Hall–Kier alpha value is -1.20. The second-order valence-electron chi connectivity index (χ2n) is 4.24. The summed E-state index contributed by atoms with van der Waals surface area (Å²) in [5, 5.41) is 6.18. The number of carbonyl (C=O) groups is 1. The van der Waals surface area contributed by atoms with Gasteiger partial charge in [0.15, 0.2) is 0 Å². The van der Waals surface area contributed by atoms with E-state index in [0.29, 0.717) is 0 Å². The molecule has 1 saturated heterocycles. The Morgan fingerprint density at radius 3 is 3.00 bits per heavy atom. The molecule has 2 atom stereocenters. The molecule has 4 nitrogen and oxygen atoms in total. The molecule has 1 heterocycles. The monoisotopic (exact) mass is 266 g/mol. The maximum atomic E-state index is 12.0. The first kappa shape index (κ1) is 13.2. The van der Waals surface area contributed by atoms with Crippen LogP contribution in [-0.2, 0) is 4.79 Å². The molecule has 2 rings (SSSR count). The molecular weight excluding hydrogens is 248 g/mol. The molecule has 0 aromatic heterocycles. The Balaban J connectivity index is 2.02. The van der Waals surface area contributed by atoms with Crippen LogP contribution in [0.1, 0.15) is 18.5 Å². The molecule has 1 amide bonds. The van der Waals surface area contributed by atoms with E-state index in [9.17, 15) is 4.79 Å². The number of methoxy groups -OCH3 is 1. The highest BCUT2D eigenvalue weighted by atomic mass is 32.2. The molecule has 2 unspecified atom stereocenters. The molecule has 2 N–H and O–H groups in total. The minimum atomic E-state index is -0.0767. The highest BCUT2D eigenvalue weighted by Crippen LogP contribution is 2.24. The number of nitrogens with one attached hydrogen (secondary N) is 2. The van der Waals surface area contributed by atoms with Gasteiger partial charge in [0, 0.05) is 17.2 Å². The smallest absolute Gasteiger partial charge is 0.238 e. The van der Waals surface area contributed by atoms with Crippen LogP contribution in [0.5, 0.6) is 5.75 Å². The number of para-hydroxylation sites is 1. The quantitative estimate of drug-likeness (QED) is 0.868. The Morgan fingerprint density at radius 2 is 2.33 bits per heavy atom. The number of amides is 1. The highest BCUT2D eigenvalue weighted by Gasteiger charge is 2.24. The normalized spacial score (nSPS) is 20.4. The first-order chi connectivity index (χ1) is 8.72. The predicted molar refractivity (Wildman–Crippen MR) is 73.8 cm³/mol. The van der Waals surface area contributed by atoms with Crippen molar-refractivity contribution in [3.63, 3.8) is 0 Å². The number of hydrogen-bond acceptors (Lipinski definition) is 4. The third kappa shape index (κ3) is 2.97. The second-order valence-corrected chi connectivity index (χ2v) is 5.27. The lowest BCUT2D eigenvalue weighted by Gasteiger charge is -2.19. The van der Waals surface area contributed by atoms with E-state index in [1.807, 2.05) is 31.2 Å². The summed E-state index contributed by atoms with van der Waals surface area (Å²) in [7, 11) is 1.64. The third-order valence-corrected chi connectivity index (χ3v) is 3.94. The van der Waals surface area contributed by atoms with Crippen LogP contribution >= 0.6 is 11.8 Å². The van der Waals surface area contributed by atoms with E-state index in [0.717, 1.165) is 22.9 Å². The van der Waals surface area contributed by atoms with Crippen LogP contribution in [0.25, 0.3) is 0 Å².